The summed E-state index contributed by atoms with van der Waals surface area (Å²) in [6, 6.07) is 8.23. The van der Waals surface area contributed by atoms with Crippen molar-refractivity contribution >= 4 is 11.9 Å². The van der Waals surface area contributed by atoms with Crippen molar-refractivity contribution in [3.8, 4) is 0 Å². The van der Waals surface area contributed by atoms with E-state index in [1.54, 1.807) is 6.92 Å². The molecule has 1 aromatic carbocycles. The van der Waals surface area contributed by atoms with E-state index in [9.17, 15) is 9.59 Å². The summed E-state index contributed by atoms with van der Waals surface area (Å²) in [6.07, 6.45) is 0.258. The smallest absolute Gasteiger partial charge is 0.326 e. The number of hydrogen-bond acceptors (Lipinski definition) is 3. The minimum atomic E-state index is -1.05. The second-order valence-corrected chi connectivity index (χ2v) is 3.79. The maximum absolute atomic E-state index is 11.4. The van der Waals surface area contributed by atoms with E-state index in [1.165, 1.54) is 0 Å². The minimum Gasteiger partial charge on any atom is -0.480 e. The number of amides is 1. The highest BCUT2D eigenvalue weighted by Gasteiger charge is 2.20. The molecule has 0 saturated heterocycles. The van der Waals surface area contributed by atoms with Crippen molar-refractivity contribution in [1.29, 1.82) is 0 Å². The Hall–Kier alpha value is -1.88. The van der Waals surface area contributed by atoms with Gasteiger partial charge in [-0.3, -0.25) is 4.79 Å². The molecule has 0 aliphatic rings. The summed E-state index contributed by atoms with van der Waals surface area (Å²) in [5, 5.41) is 11.5. The average molecular weight is 251 g/mol. The highest BCUT2D eigenvalue weighted by Crippen LogP contribution is 2.03. The first-order chi connectivity index (χ1) is 8.63. The van der Waals surface area contributed by atoms with Gasteiger partial charge in [0.05, 0.1) is 0 Å². The molecule has 0 aromatic heterocycles. The molecule has 1 amide bonds. The van der Waals surface area contributed by atoms with E-state index in [1.807, 2.05) is 30.3 Å². The monoisotopic (exact) mass is 251 g/mol. The standard InChI is InChI=1S/C13H17NO4/c1-2-18-9-12(15)14-11(13(16)17)8-10-6-4-3-5-7-10/h3-7,11H,2,8-9H2,1H3,(H,14,15)(H,16,17). The predicted octanol–water partition coefficient (Wildman–Crippen LogP) is 0.835. The number of carbonyl (C=O) groups excluding carboxylic acids is 1. The van der Waals surface area contributed by atoms with Crippen LogP contribution in [0.1, 0.15) is 12.5 Å². The Bertz CT molecular complexity index is 391. The normalized spacial score (nSPS) is 11.8. The molecular formula is C13H17NO4. The van der Waals surface area contributed by atoms with Gasteiger partial charge in [0.2, 0.25) is 5.91 Å². The van der Waals surface area contributed by atoms with Gasteiger partial charge in [-0.25, -0.2) is 4.79 Å². The maximum atomic E-state index is 11.4. The number of hydrogen-bond donors (Lipinski definition) is 2. The summed E-state index contributed by atoms with van der Waals surface area (Å²) in [6.45, 7) is 2.07. The van der Waals surface area contributed by atoms with Crippen molar-refractivity contribution < 1.29 is 19.4 Å². The van der Waals surface area contributed by atoms with Gasteiger partial charge in [0, 0.05) is 13.0 Å². The molecule has 98 valence electrons. The van der Waals surface area contributed by atoms with E-state index in [0.717, 1.165) is 5.56 Å². The third kappa shape index (κ3) is 4.97. The molecule has 0 saturated carbocycles. The third-order valence-electron chi connectivity index (χ3n) is 2.35. The lowest BCUT2D eigenvalue weighted by Crippen LogP contribution is -2.43. The number of carboxylic acids is 1. The molecule has 0 aliphatic carbocycles. The molecule has 1 unspecified atom stereocenters. The van der Waals surface area contributed by atoms with Crippen LogP contribution in [0.4, 0.5) is 0 Å². The SMILES string of the molecule is CCOCC(=O)NC(Cc1ccccc1)C(=O)O. The molecule has 0 bridgehead atoms. The Labute approximate surface area is 106 Å². The van der Waals surface area contributed by atoms with E-state index < -0.39 is 17.9 Å². The molecule has 0 radical (unpaired) electrons. The Morgan fingerprint density at radius 3 is 2.56 bits per heavy atom. The summed E-state index contributed by atoms with van der Waals surface area (Å²) in [5.41, 5.74) is 0.863. The Kier molecular flexibility index (Phi) is 5.87. The summed E-state index contributed by atoms with van der Waals surface area (Å²) < 4.78 is 4.92. The van der Waals surface area contributed by atoms with Crippen LogP contribution in [0.25, 0.3) is 0 Å². The number of aliphatic carboxylic acids is 1. The minimum absolute atomic E-state index is 0.116. The van der Waals surface area contributed by atoms with Crippen molar-refractivity contribution in [2.75, 3.05) is 13.2 Å². The van der Waals surface area contributed by atoms with Crippen LogP contribution >= 0.6 is 0 Å². The fourth-order valence-corrected chi connectivity index (χ4v) is 1.48. The van der Waals surface area contributed by atoms with E-state index in [0.29, 0.717) is 6.61 Å². The van der Waals surface area contributed by atoms with Crippen LogP contribution in [-0.2, 0) is 20.7 Å². The van der Waals surface area contributed by atoms with Crippen LogP contribution in [0.2, 0.25) is 0 Å². The van der Waals surface area contributed by atoms with Crippen LogP contribution in [-0.4, -0.2) is 36.2 Å². The van der Waals surface area contributed by atoms with Crippen molar-refractivity contribution in [2.24, 2.45) is 0 Å². The van der Waals surface area contributed by atoms with Crippen molar-refractivity contribution in [3.63, 3.8) is 0 Å². The summed E-state index contributed by atoms with van der Waals surface area (Å²) in [5.74, 6) is -1.47. The summed E-state index contributed by atoms with van der Waals surface area (Å²) in [4.78, 5) is 22.5. The first kappa shape index (κ1) is 14.2. The Morgan fingerprint density at radius 2 is 2.00 bits per heavy atom. The van der Waals surface area contributed by atoms with E-state index in [2.05, 4.69) is 5.32 Å². The zero-order valence-corrected chi connectivity index (χ0v) is 10.3. The van der Waals surface area contributed by atoms with Gasteiger partial charge in [-0.15, -0.1) is 0 Å². The maximum Gasteiger partial charge on any atom is 0.326 e. The molecule has 0 aliphatic heterocycles. The van der Waals surface area contributed by atoms with E-state index in [4.69, 9.17) is 9.84 Å². The summed E-state index contributed by atoms with van der Waals surface area (Å²) >= 11 is 0. The second kappa shape index (κ2) is 7.45. The lowest BCUT2D eigenvalue weighted by Gasteiger charge is -2.14. The van der Waals surface area contributed by atoms with Gasteiger partial charge in [-0.1, -0.05) is 30.3 Å². The predicted molar refractivity (Wildman–Crippen MR) is 66.2 cm³/mol. The highest BCUT2D eigenvalue weighted by atomic mass is 16.5. The zero-order valence-electron chi connectivity index (χ0n) is 10.3. The van der Waals surface area contributed by atoms with Crippen LogP contribution < -0.4 is 5.32 Å². The van der Waals surface area contributed by atoms with Crippen LogP contribution in [0.3, 0.4) is 0 Å². The van der Waals surface area contributed by atoms with Gasteiger partial charge in [0.1, 0.15) is 12.6 Å². The highest BCUT2D eigenvalue weighted by molar-refractivity contribution is 5.84. The van der Waals surface area contributed by atoms with E-state index in [-0.39, 0.29) is 13.0 Å². The molecular weight excluding hydrogens is 234 g/mol. The number of carboxylic acid groups (broad SMARTS) is 1. The zero-order chi connectivity index (χ0) is 13.4. The topological polar surface area (TPSA) is 75.6 Å². The number of carbonyl (C=O) groups is 2. The largest absolute Gasteiger partial charge is 0.480 e. The van der Waals surface area contributed by atoms with Gasteiger partial charge in [0.15, 0.2) is 0 Å². The number of rotatable bonds is 7. The number of ether oxygens (including phenoxy) is 1. The molecule has 0 heterocycles. The molecule has 0 fully saturated rings. The quantitative estimate of drug-likeness (QED) is 0.752. The molecule has 1 rings (SSSR count). The first-order valence-corrected chi connectivity index (χ1v) is 5.77. The van der Waals surface area contributed by atoms with E-state index >= 15 is 0 Å². The lowest BCUT2D eigenvalue weighted by molar-refractivity contribution is -0.142. The first-order valence-electron chi connectivity index (χ1n) is 5.77. The van der Waals surface area contributed by atoms with Gasteiger partial charge < -0.3 is 15.2 Å². The molecule has 5 nitrogen and oxygen atoms in total. The third-order valence-corrected chi connectivity index (χ3v) is 2.35. The molecule has 2 N–H and O–H groups in total. The number of benzene rings is 1. The van der Waals surface area contributed by atoms with Gasteiger partial charge in [0.25, 0.3) is 0 Å². The average Bonchev–Trinajstić information content (AvgIpc) is 2.36. The molecule has 1 atom stereocenters. The fraction of sp³-hybridized carbons (Fsp3) is 0.385. The lowest BCUT2D eigenvalue weighted by atomic mass is 10.1. The Balaban J connectivity index is 2.55. The molecule has 5 heteroatoms. The van der Waals surface area contributed by atoms with Crippen LogP contribution in [0, 0.1) is 0 Å². The van der Waals surface area contributed by atoms with Crippen LogP contribution in [0.5, 0.6) is 0 Å². The van der Waals surface area contributed by atoms with Crippen molar-refractivity contribution in [2.45, 2.75) is 19.4 Å². The van der Waals surface area contributed by atoms with Crippen molar-refractivity contribution in [3.05, 3.63) is 35.9 Å². The van der Waals surface area contributed by atoms with Gasteiger partial charge in [-0.05, 0) is 12.5 Å². The summed E-state index contributed by atoms with van der Waals surface area (Å²) in [7, 11) is 0. The Morgan fingerprint density at radius 1 is 1.33 bits per heavy atom. The molecule has 1 aromatic rings. The van der Waals surface area contributed by atoms with Gasteiger partial charge in [-0.2, -0.15) is 0 Å². The molecule has 18 heavy (non-hydrogen) atoms. The van der Waals surface area contributed by atoms with Gasteiger partial charge >= 0.3 is 5.97 Å². The van der Waals surface area contributed by atoms with Crippen LogP contribution in [0.15, 0.2) is 30.3 Å². The second-order valence-electron chi connectivity index (χ2n) is 3.79. The van der Waals surface area contributed by atoms with Crippen molar-refractivity contribution in [1.82, 2.24) is 5.32 Å². The molecule has 0 spiro atoms. The number of nitrogens with one attached hydrogen (secondary N) is 1. The fourth-order valence-electron chi connectivity index (χ4n) is 1.48.